The smallest absolute Gasteiger partial charge is 0.167 e. The normalized spacial score (nSPS) is 26.9. The first kappa shape index (κ1) is 15.8. The third-order valence-electron chi connectivity index (χ3n) is 3.42. The van der Waals surface area contributed by atoms with Gasteiger partial charge in [-0.3, -0.25) is 9.79 Å². The van der Waals surface area contributed by atoms with Gasteiger partial charge in [0.1, 0.15) is 4.87 Å². The fourth-order valence-corrected chi connectivity index (χ4v) is 2.20. The van der Waals surface area contributed by atoms with Crippen LogP contribution in [-0.2, 0) is 4.79 Å². The molecule has 0 aromatic carbocycles. The van der Waals surface area contributed by atoms with E-state index in [0.29, 0.717) is 6.42 Å². The molecular weight excluding hydrogens is 278 g/mol. The van der Waals surface area contributed by atoms with Crippen molar-refractivity contribution in [3.63, 3.8) is 0 Å². The van der Waals surface area contributed by atoms with Crippen molar-refractivity contribution in [3.8, 4) is 0 Å². The topological polar surface area (TPSA) is 29.4 Å². The Hall–Kier alpha value is -1.61. The second-order valence-corrected chi connectivity index (χ2v) is 7.09. The van der Waals surface area contributed by atoms with Crippen molar-refractivity contribution in [1.29, 1.82) is 0 Å². The highest BCUT2D eigenvalue weighted by molar-refractivity contribution is 7.82. The average molecular weight is 299 g/mol. The molecule has 1 aliphatic heterocycles. The summed E-state index contributed by atoms with van der Waals surface area (Å²) in [5, 5.41) is 0. The molecule has 1 unspecified atom stereocenters. The van der Waals surface area contributed by atoms with Gasteiger partial charge in [-0.25, -0.2) is 0 Å². The summed E-state index contributed by atoms with van der Waals surface area (Å²) >= 11 is 4.42. The first-order valence-corrected chi connectivity index (χ1v) is 7.50. The predicted octanol–water partition coefficient (Wildman–Crippen LogP) is 4.24. The Bertz CT molecular complexity index is 613. The maximum atomic E-state index is 12.4. The quantitative estimate of drug-likeness (QED) is 0.776. The molecule has 21 heavy (non-hydrogen) atoms. The van der Waals surface area contributed by atoms with Crippen LogP contribution in [0.4, 0.5) is 0 Å². The number of carbonyl (C=O) groups excluding carboxylic acids is 1. The summed E-state index contributed by atoms with van der Waals surface area (Å²) in [4.78, 5) is 16.2. The minimum Gasteiger partial charge on any atom is -0.294 e. The summed E-state index contributed by atoms with van der Waals surface area (Å²) in [5.74, 6) is 0.112. The van der Waals surface area contributed by atoms with Crippen molar-refractivity contribution >= 4 is 24.6 Å². The van der Waals surface area contributed by atoms with E-state index in [1.807, 2.05) is 43.4 Å². The van der Waals surface area contributed by atoms with E-state index in [1.54, 1.807) is 6.21 Å². The number of ketones is 1. The Morgan fingerprint density at radius 1 is 1.14 bits per heavy atom. The van der Waals surface area contributed by atoms with Crippen molar-refractivity contribution in [1.82, 2.24) is 0 Å². The summed E-state index contributed by atoms with van der Waals surface area (Å²) in [7, 11) is 0. The van der Waals surface area contributed by atoms with E-state index in [9.17, 15) is 4.79 Å². The van der Waals surface area contributed by atoms with Crippen LogP contribution in [0.1, 0.15) is 27.2 Å². The monoisotopic (exact) mass is 299 g/mol. The molecule has 0 saturated carbocycles. The van der Waals surface area contributed by atoms with Crippen LogP contribution in [0.3, 0.4) is 0 Å². The van der Waals surface area contributed by atoms with Crippen LogP contribution in [0.15, 0.2) is 64.7 Å². The van der Waals surface area contributed by atoms with Crippen molar-refractivity contribution in [2.24, 2.45) is 10.4 Å². The molecule has 2 rings (SSSR count). The van der Waals surface area contributed by atoms with Gasteiger partial charge in [0.15, 0.2) is 5.78 Å². The van der Waals surface area contributed by atoms with Crippen LogP contribution in [0.2, 0.25) is 0 Å². The highest BCUT2D eigenvalue weighted by Crippen LogP contribution is 2.25. The number of carbonyl (C=O) groups is 1. The van der Waals surface area contributed by atoms with Crippen molar-refractivity contribution in [2.45, 2.75) is 32.1 Å². The number of thiol groups is 1. The van der Waals surface area contributed by atoms with Gasteiger partial charge in [0, 0.05) is 23.6 Å². The van der Waals surface area contributed by atoms with Crippen molar-refractivity contribution < 1.29 is 4.79 Å². The fraction of sp³-hybridized carbons (Fsp3) is 0.333. The standard InChI is InChI=1S/C18H21NOS/c1-17(2)9-4-5-15(7-10-17)16(20)13-14-6-11-18(3,21)19-12-8-14/h4-12,21H,13H2,1-3H3. The first-order valence-electron chi connectivity index (χ1n) is 7.05. The van der Waals surface area contributed by atoms with Crippen LogP contribution in [0, 0.1) is 5.41 Å². The Kier molecular flexibility index (Phi) is 4.52. The lowest BCUT2D eigenvalue weighted by atomic mass is 9.93. The van der Waals surface area contributed by atoms with Gasteiger partial charge in [-0.05, 0) is 24.6 Å². The third kappa shape index (κ3) is 4.71. The largest absolute Gasteiger partial charge is 0.294 e. The highest BCUT2D eigenvalue weighted by atomic mass is 32.1. The molecule has 0 radical (unpaired) electrons. The fourth-order valence-electron chi connectivity index (χ4n) is 2.05. The van der Waals surface area contributed by atoms with Gasteiger partial charge in [-0.15, -0.1) is 12.6 Å². The minimum atomic E-state index is -0.504. The molecule has 0 amide bonds. The van der Waals surface area contributed by atoms with Gasteiger partial charge in [0.25, 0.3) is 0 Å². The van der Waals surface area contributed by atoms with Gasteiger partial charge < -0.3 is 0 Å². The van der Waals surface area contributed by atoms with Crippen LogP contribution < -0.4 is 0 Å². The lowest BCUT2D eigenvalue weighted by molar-refractivity contribution is -0.114. The highest BCUT2D eigenvalue weighted by Gasteiger charge is 2.16. The van der Waals surface area contributed by atoms with E-state index in [-0.39, 0.29) is 11.2 Å². The zero-order valence-corrected chi connectivity index (χ0v) is 13.6. The van der Waals surface area contributed by atoms with E-state index in [2.05, 4.69) is 43.6 Å². The Balaban J connectivity index is 2.10. The number of aliphatic imine (C=N–C) groups is 1. The first-order chi connectivity index (χ1) is 9.77. The number of hydrogen-bond acceptors (Lipinski definition) is 3. The number of Topliss-reactive ketones (excluding diaryl/α,β-unsaturated/α-hetero) is 1. The molecule has 2 aliphatic rings. The number of nitrogens with zero attached hydrogens (tertiary/aromatic N) is 1. The molecule has 110 valence electrons. The minimum absolute atomic E-state index is 0.0134. The summed E-state index contributed by atoms with van der Waals surface area (Å²) in [5.41, 5.74) is 1.67. The third-order valence-corrected chi connectivity index (χ3v) is 3.68. The molecule has 0 saturated heterocycles. The van der Waals surface area contributed by atoms with E-state index in [0.717, 1.165) is 11.1 Å². The van der Waals surface area contributed by atoms with Gasteiger partial charge in [-0.2, -0.15) is 0 Å². The summed E-state index contributed by atoms with van der Waals surface area (Å²) in [6.45, 7) is 6.13. The Morgan fingerprint density at radius 3 is 2.67 bits per heavy atom. The lowest BCUT2D eigenvalue weighted by Gasteiger charge is -2.12. The van der Waals surface area contributed by atoms with Crippen LogP contribution in [0.5, 0.6) is 0 Å². The van der Waals surface area contributed by atoms with Gasteiger partial charge in [0.2, 0.25) is 0 Å². The second kappa shape index (κ2) is 6.02. The average Bonchev–Trinajstić information content (AvgIpc) is 2.65. The second-order valence-electron chi connectivity index (χ2n) is 6.18. The summed E-state index contributed by atoms with van der Waals surface area (Å²) < 4.78 is 0. The van der Waals surface area contributed by atoms with Gasteiger partial charge >= 0.3 is 0 Å². The molecular formula is C18H21NOS. The summed E-state index contributed by atoms with van der Waals surface area (Å²) in [6.07, 6.45) is 17.7. The molecule has 0 aromatic rings. The molecule has 3 heteroatoms. The molecule has 0 aromatic heterocycles. The maximum Gasteiger partial charge on any atom is 0.167 e. The van der Waals surface area contributed by atoms with Crippen LogP contribution in [0.25, 0.3) is 0 Å². The molecule has 0 fully saturated rings. The number of allylic oxidation sites excluding steroid dienone is 9. The molecule has 0 N–H and O–H groups in total. The Morgan fingerprint density at radius 2 is 1.90 bits per heavy atom. The molecule has 0 spiro atoms. The summed E-state index contributed by atoms with van der Waals surface area (Å²) in [6, 6.07) is 0. The van der Waals surface area contributed by atoms with Crippen molar-refractivity contribution in [2.75, 3.05) is 0 Å². The predicted molar refractivity (Wildman–Crippen MR) is 92.9 cm³/mol. The van der Waals surface area contributed by atoms with Gasteiger partial charge in [0.05, 0.1) is 0 Å². The number of rotatable bonds is 3. The Labute approximate surface area is 132 Å². The van der Waals surface area contributed by atoms with E-state index >= 15 is 0 Å². The molecule has 1 aliphatic carbocycles. The van der Waals surface area contributed by atoms with E-state index in [4.69, 9.17) is 0 Å². The van der Waals surface area contributed by atoms with Gasteiger partial charge in [-0.1, -0.05) is 50.3 Å². The maximum absolute atomic E-state index is 12.4. The number of hydrogen-bond donors (Lipinski definition) is 1. The van der Waals surface area contributed by atoms with E-state index in [1.165, 1.54) is 0 Å². The lowest BCUT2D eigenvalue weighted by Crippen LogP contribution is -2.07. The van der Waals surface area contributed by atoms with Crippen molar-refractivity contribution in [3.05, 3.63) is 59.8 Å². The zero-order chi connectivity index (χ0) is 15.5. The molecule has 2 nitrogen and oxygen atoms in total. The molecule has 1 heterocycles. The molecule has 0 bridgehead atoms. The van der Waals surface area contributed by atoms with Crippen LogP contribution in [-0.4, -0.2) is 16.9 Å². The zero-order valence-electron chi connectivity index (χ0n) is 12.7. The SMILES string of the molecule is CC1(C)C=CC=C(C(=O)CC2=CC=NC(C)(S)C=C2)C=C1. The van der Waals surface area contributed by atoms with E-state index < -0.39 is 4.87 Å². The molecule has 1 atom stereocenters. The van der Waals surface area contributed by atoms with Crippen LogP contribution >= 0.6 is 12.6 Å².